The van der Waals surface area contributed by atoms with Crippen molar-refractivity contribution in [2.75, 3.05) is 7.11 Å². The van der Waals surface area contributed by atoms with Gasteiger partial charge in [0, 0.05) is 11.9 Å². The Hall–Kier alpha value is -0.420. The zero-order valence-electron chi connectivity index (χ0n) is 7.23. The van der Waals surface area contributed by atoms with E-state index in [2.05, 4.69) is 20.9 Å². The predicted octanol–water partition coefficient (Wildman–Crippen LogP) is 3.53. The third-order valence-corrected chi connectivity index (χ3v) is 2.54. The monoisotopic (exact) mass is 285 g/mol. The Kier molecular flexibility index (Phi) is 4.07. The number of aromatic nitrogens is 1. The Morgan fingerprint density at radius 1 is 1.64 bits per heavy atom. The van der Waals surface area contributed by atoms with Gasteiger partial charge in [0.1, 0.15) is 4.60 Å². The smallest absolute Gasteiger partial charge is 0.266 e. The minimum Gasteiger partial charge on any atom is -0.481 e. The predicted molar refractivity (Wildman–Crippen MR) is 53.0 cm³/mol. The van der Waals surface area contributed by atoms with E-state index in [-0.39, 0.29) is 21.9 Å². The second-order valence-electron chi connectivity index (χ2n) is 2.46. The Labute approximate surface area is 93.4 Å². The Bertz CT molecular complexity index is 335. The molecule has 6 heteroatoms. The first-order chi connectivity index (χ1) is 6.60. The number of ether oxygens (including phenoxy) is 1. The van der Waals surface area contributed by atoms with Crippen molar-refractivity contribution in [3.8, 4) is 5.88 Å². The molecule has 1 heterocycles. The molecule has 0 saturated carbocycles. The quantitative estimate of drug-likeness (QED) is 0.626. The van der Waals surface area contributed by atoms with E-state index in [1.807, 2.05) is 0 Å². The number of nitrogens with zero attached hydrogens (tertiary/aromatic N) is 1. The third kappa shape index (κ3) is 2.33. The summed E-state index contributed by atoms with van der Waals surface area (Å²) in [7, 11) is 1.41. The molecule has 1 aromatic heterocycles. The standard InChI is InChI=1S/C8H7BrClF2NO/c1-14-5-2-4(3-10)6(8(11)12)7(9)13-5/h2,8H,3H2,1H3. The number of hydrogen-bond donors (Lipinski definition) is 0. The number of methoxy groups -OCH3 is 1. The van der Waals surface area contributed by atoms with Crippen LogP contribution in [-0.4, -0.2) is 12.1 Å². The maximum Gasteiger partial charge on any atom is 0.266 e. The van der Waals surface area contributed by atoms with Crippen LogP contribution in [-0.2, 0) is 5.88 Å². The van der Waals surface area contributed by atoms with Crippen LogP contribution in [0.4, 0.5) is 8.78 Å². The van der Waals surface area contributed by atoms with Gasteiger partial charge in [0.05, 0.1) is 12.7 Å². The van der Waals surface area contributed by atoms with Crippen LogP contribution in [0.2, 0.25) is 0 Å². The van der Waals surface area contributed by atoms with Gasteiger partial charge in [-0.05, 0) is 21.5 Å². The van der Waals surface area contributed by atoms with Crippen LogP contribution < -0.4 is 4.74 Å². The number of halogens is 4. The van der Waals surface area contributed by atoms with Crippen LogP contribution in [0.5, 0.6) is 5.88 Å². The van der Waals surface area contributed by atoms with Crippen molar-refractivity contribution in [2.24, 2.45) is 0 Å². The van der Waals surface area contributed by atoms with Crippen LogP contribution in [0.25, 0.3) is 0 Å². The van der Waals surface area contributed by atoms with E-state index in [1.165, 1.54) is 13.2 Å². The van der Waals surface area contributed by atoms with Crippen molar-refractivity contribution in [2.45, 2.75) is 12.3 Å². The fourth-order valence-corrected chi connectivity index (χ4v) is 1.82. The maximum absolute atomic E-state index is 12.5. The van der Waals surface area contributed by atoms with E-state index < -0.39 is 6.43 Å². The van der Waals surface area contributed by atoms with E-state index in [4.69, 9.17) is 16.3 Å². The first-order valence-electron chi connectivity index (χ1n) is 3.67. The molecule has 1 rings (SSSR count). The average Bonchev–Trinajstić information content (AvgIpc) is 2.15. The zero-order chi connectivity index (χ0) is 10.7. The van der Waals surface area contributed by atoms with Gasteiger partial charge in [0.25, 0.3) is 6.43 Å². The van der Waals surface area contributed by atoms with E-state index >= 15 is 0 Å². The average molecular weight is 287 g/mol. The lowest BCUT2D eigenvalue weighted by Crippen LogP contribution is -1.99. The summed E-state index contributed by atoms with van der Waals surface area (Å²) in [4.78, 5) is 3.78. The Morgan fingerprint density at radius 3 is 2.71 bits per heavy atom. The summed E-state index contributed by atoms with van der Waals surface area (Å²) in [5.41, 5.74) is 0.140. The van der Waals surface area contributed by atoms with Gasteiger partial charge in [-0.1, -0.05) is 0 Å². The van der Waals surface area contributed by atoms with Gasteiger partial charge in [-0.2, -0.15) is 0 Å². The topological polar surface area (TPSA) is 22.1 Å². The summed E-state index contributed by atoms with van der Waals surface area (Å²) in [6.07, 6.45) is -2.60. The highest BCUT2D eigenvalue weighted by atomic mass is 79.9. The van der Waals surface area contributed by atoms with Crippen LogP contribution in [0.1, 0.15) is 17.6 Å². The zero-order valence-corrected chi connectivity index (χ0v) is 9.57. The molecular formula is C8H7BrClF2NO. The fourth-order valence-electron chi connectivity index (χ4n) is 0.994. The van der Waals surface area contributed by atoms with Crippen LogP contribution >= 0.6 is 27.5 Å². The largest absolute Gasteiger partial charge is 0.481 e. The van der Waals surface area contributed by atoms with Crippen molar-refractivity contribution in [3.05, 3.63) is 21.8 Å². The molecule has 0 aliphatic heterocycles. The summed E-state index contributed by atoms with van der Waals surface area (Å²) in [5.74, 6) is 0.258. The van der Waals surface area contributed by atoms with Gasteiger partial charge in [-0.3, -0.25) is 0 Å². The third-order valence-electron chi connectivity index (χ3n) is 1.65. The van der Waals surface area contributed by atoms with Crippen molar-refractivity contribution in [1.29, 1.82) is 0 Å². The normalized spacial score (nSPS) is 10.7. The summed E-state index contributed by atoms with van der Waals surface area (Å²) in [6.45, 7) is 0. The van der Waals surface area contributed by atoms with Crippen LogP contribution in [0.3, 0.4) is 0 Å². The molecule has 78 valence electrons. The summed E-state index contributed by atoms with van der Waals surface area (Å²) in [5, 5.41) is 0. The number of hydrogen-bond acceptors (Lipinski definition) is 2. The van der Waals surface area contributed by atoms with E-state index in [1.54, 1.807) is 0 Å². The van der Waals surface area contributed by atoms with E-state index in [0.29, 0.717) is 5.56 Å². The lowest BCUT2D eigenvalue weighted by molar-refractivity contribution is 0.149. The molecule has 0 aromatic carbocycles. The molecule has 0 spiro atoms. The second-order valence-corrected chi connectivity index (χ2v) is 3.48. The van der Waals surface area contributed by atoms with Gasteiger partial charge in [0.2, 0.25) is 5.88 Å². The molecule has 0 fully saturated rings. The minimum atomic E-state index is -2.60. The van der Waals surface area contributed by atoms with E-state index in [9.17, 15) is 8.78 Å². The molecule has 0 radical (unpaired) electrons. The van der Waals surface area contributed by atoms with Crippen molar-refractivity contribution < 1.29 is 13.5 Å². The number of pyridine rings is 1. The van der Waals surface area contributed by atoms with Gasteiger partial charge in [-0.15, -0.1) is 11.6 Å². The second kappa shape index (κ2) is 4.89. The minimum absolute atomic E-state index is 0.00282. The highest BCUT2D eigenvalue weighted by molar-refractivity contribution is 9.10. The molecule has 0 amide bonds. The maximum atomic E-state index is 12.5. The molecule has 0 N–H and O–H groups in total. The fraction of sp³-hybridized carbons (Fsp3) is 0.375. The van der Waals surface area contributed by atoms with Crippen LogP contribution in [0, 0.1) is 0 Å². The lowest BCUT2D eigenvalue weighted by atomic mass is 10.2. The number of alkyl halides is 3. The molecule has 0 saturated heterocycles. The van der Waals surface area contributed by atoms with Gasteiger partial charge >= 0.3 is 0 Å². The molecule has 2 nitrogen and oxygen atoms in total. The molecule has 14 heavy (non-hydrogen) atoms. The van der Waals surface area contributed by atoms with Crippen LogP contribution in [0.15, 0.2) is 10.7 Å². The molecule has 0 aliphatic carbocycles. The molecule has 1 aromatic rings. The molecule has 0 atom stereocenters. The Morgan fingerprint density at radius 2 is 2.29 bits per heavy atom. The summed E-state index contributed by atoms with van der Waals surface area (Å²) < 4.78 is 30.0. The van der Waals surface area contributed by atoms with Gasteiger partial charge < -0.3 is 4.74 Å². The first kappa shape index (κ1) is 11.7. The lowest BCUT2D eigenvalue weighted by Gasteiger charge is -2.09. The SMILES string of the molecule is COc1cc(CCl)c(C(F)F)c(Br)n1. The summed E-state index contributed by atoms with van der Waals surface area (Å²) >= 11 is 8.49. The highest BCUT2D eigenvalue weighted by Gasteiger charge is 2.18. The van der Waals surface area contributed by atoms with Crippen molar-refractivity contribution >= 4 is 27.5 Å². The van der Waals surface area contributed by atoms with Gasteiger partial charge in [-0.25, -0.2) is 13.8 Å². The molecule has 0 unspecified atom stereocenters. The highest BCUT2D eigenvalue weighted by Crippen LogP contribution is 2.32. The summed E-state index contributed by atoms with van der Waals surface area (Å²) in [6, 6.07) is 1.40. The van der Waals surface area contributed by atoms with E-state index in [0.717, 1.165) is 0 Å². The molecular weight excluding hydrogens is 279 g/mol. The molecule has 0 aliphatic rings. The van der Waals surface area contributed by atoms with Crippen molar-refractivity contribution in [1.82, 2.24) is 4.98 Å². The van der Waals surface area contributed by atoms with Crippen molar-refractivity contribution in [3.63, 3.8) is 0 Å². The Balaban J connectivity index is 3.27. The number of rotatable bonds is 3. The molecule has 0 bridgehead atoms. The van der Waals surface area contributed by atoms with Gasteiger partial charge in [0.15, 0.2) is 0 Å². The first-order valence-corrected chi connectivity index (χ1v) is 5.00.